The van der Waals surface area contributed by atoms with Gasteiger partial charge in [-0.05, 0) is 30.7 Å². The third-order valence-electron chi connectivity index (χ3n) is 5.35. The molecule has 27 heavy (non-hydrogen) atoms. The van der Waals surface area contributed by atoms with Gasteiger partial charge in [0.05, 0.1) is 18.1 Å². The summed E-state index contributed by atoms with van der Waals surface area (Å²) in [6.07, 6.45) is 3.90. The first-order chi connectivity index (χ1) is 13.0. The summed E-state index contributed by atoms with van der Waals surface area (Å²) in [4.78, 5) is 9.17. The maximum Gasteiger partial charge on any atom is 0.226 e. The standard InChI is InChI=1S/C20H25FN6/c1-14(15-7-4-3-5-8-15)11-22-19-25-17(23-13-20(21)9-6-10-20)16-12-24-27(2)18(16)26-19/h3-5,7-8,12,14H,6,9-11,13H2,1-2H3,(H2,22,23,25,26). The van der Waals surface area contributed by atoms with Crippen LogP contribution < -0.4 is 10.6 Å². The number of alkyl halides is 1. The third kappa shape index (κ3) is 3.72. The molecule has 6 nitrogen and oxygen atoms in total. The minimum atomic E-state index is -1.12. The van der Waals surface area contributed by atoms with Crippen LogP contribution in [0.25, 0.3) is 11.0 Å². The second-order valence-corrected chi connectivity index (χ2v) is 7.45. The van der Waals surface area contributed by atoms with E-state index in [1.165, 1.54) is 5.56 Å². The Kier molecular flexibility index (Phi) is 4.68. The Morgan fingerprint density at radius 1 is 1.19 bits per heavy atom. The van der Waals surface area contributed by atoms with E-state index < -0.39 is 5.67 Å². The zero-order valence-corrected chi connectivity index (χ0v) is 15.7. The van der Waals surface area contributed by atoms with E-state index in [-0.39, 0.29) is 6.54 Å². The lowest BCUT2D eigenvalue weighted by atomic mass is 9.82. The molecule has 1 saturated carbocycles. The normalized spacial score (nSPS) is 16.7. The van der Waals surface area contributed by atoms with Crippen molar-refractivity contribution in [2.24, 2.45) is 7.05 Å². The van der Waals surface area contributed by atoms with Crippen molar-refractivity contribution < 1.29 is 4.39 Å². The lowest BCUT2D eigenvalue weighted by molar-refractivity contribution is 0.0784. The molecule has 1 unspecified atom stereocenters. The number of nitrogens with one attached hydrogen (secondary N) is 2. The molecule has 1 aromatic carbocycles. The predicted octanol–water partition coefficient (Wildman–Crippen LogP) is 3.88. The lowest BCUT2D eigenvalue weighted by Gasteiger charge is -2.34. The van der Waals surface area contributed by atoms with Crippen LogP contribution in [-0.2, 0) is 7.05 Å². The molecule has 1 atom stereocenters. The molecular formula is C20H25FN6. The molecule has 1 aliphatic rings. The van der Waals surface area contributed by atoms with Crippen LogP contribution in [0.2, 0.25) is 0 Å². The van der Waals surface area contributed by atoms with E-state index in [0.717, 1.165) is 17.5 Å². The molecule has 0 radical (unpaired) electrons. The highest BCUT2D eigenvalue weighted by Gasteiger charge is 2.36. The quantitative estimate of drug-likeness (QED) is 0.662. The van der Waals surface area contributed by atoms with Crippen LogP contribution in [-0.4, -0.2) is 38.5 Å². The van der Waals surface area contributed by atoms with Gasteiger partial charge in [0.1, 0.15) is 11.5 Å². The summed E-state index contributed by atoms with van der Waals surface area (Å²) in [7, 11) is 1.85. The van der Waals surface area contributed by atoms with Crippen LogP contribution in [0.4, 0.5) is 16.2 Å². The number of hydrogen-bond donors (Lipinski definition) is 2. The maximum absolute atomic E-state index is 14.4. The molecule has 0 amide bonds. The summed E-state index contributed by atoms with van der Waals surface area (Å²) in [6.45, 7) is 3.14. The highest BCUT2D eigenvalue weighted by atomic mass is 19.1. The van der Waals surface area contributed by atoms with Crippen LogP contribution in [0, 0.1) is 0 Å². The average Bonchev–Trinajstić information content (AvgIpc) is 3.04. The number of anilines is 2. The van der Waals surface area contributed by atoms with Crippen molar-refractivity contribution >= 4 is 22.8 Å². The zero-order chi connectivity index (χ0) is 18.9. The molecule has 0 saturated heterocycles. The van der Waals surface area contributed by atoms with Crippen molar-refractivity contribution in [1.29, 1.82) is 0 Å². The van der Waals surface area contributed by atoms with Crippen molar-refractivity contribution in [2.75, 3.05) is 23.7 Å². The van der Waals surface area contributed by atoms with Crippen molar-refractivity contribution in [3.05, 3.63) is 42.1 Å². The molecule has 0 aliphatic heterocycles. The monoisotopic (exact) mass is 368 g/mol. The number of aromatic nitrogens is 4. The van der Waals surface area contributed by atoms with Crippen molar-refractivity contribution in [1.82, 2.24) is 19.7 Å². The van der Waals surface area contributed by atoms with Gasteiger partial charge in [-0.1, -0.05) is 37.3 Å². The molecule has 3 aromatic rings. The molecular weight excluding hydrogens is 343 g/mol. The Labute approximate surface area is 158 Å². The number of fused-ring (bicyclic) bond motifs is 1. The highest BCUT2D eigenvalue weighted by Crippen LogP contribution is 2.36. The average molecular weight is 368 g/mol. The van der Waals surface area contributed by atoms with Crippen LogP contribution >= 0.6 is 0 Å². The largest absolute Gasteiger partial charge is 0.366 e. The molecule has 4 rings (SSSR count). The van der Waals surface area contributed by atoms with Crippen LogP contribution in [0.3, 0.4) is 0 Å². The fraction of sp³-hybridized carbons (Fsp3) is 0.450. The van der Waals surface area contributed by atoms with Gasteiger partial charge < -0.3 is 10.6 Å². The van der Waals surface area contributed by atoms with Gasteiger partial charge in [0.15, 0.2) is 5.65 Å². The summed E-state index contributed by atoms with van der Waals surface area (Å²) < 4.78 is 16.1. The Morgan fingerprint density at radius 3 is 2.67 bits per heavy atom. The topological polar surface area (TPSA) is 67.7 Å². The Balaban J connectivity index is 1.52. The molecule has 2 heterocycles. The number of aryl methyl sites for hydroxylation is 1. The summed E-state index contributed by atoms with van der Waals surface area (Å²) in [5, 5.41) is 11.6. The highest BCUT2D eigenvalue weighted by molar-refractivity contribution is 5.87. The first-order valence-electron chi connectivity index (χ1n) is 9.45. The molecule has 2 aromatic heterocycles. The summed E-state index contributed by atoms with van der Waals surface area (Å²) in [6, 6.07) is 10.3. The molecule has 1 fully saturated rings. The number of benzene rings is 1. The van der Waals surface area contributed by atoms with Gasteiger partial charge in [0.2, 0.25) is 5.95 Å². The minimum absolute atomic E-state index is 0.272. The van der Waals surface area contributed by atoms with Gasteiger partial charge >= 0.3 is 0 Å². The fourth-order valence-corrected chi connectivity index (χ4v) is 3.36. The number of hydrogen-bond acceptors (Lipinski definition) is 5. The van der Waals surface area contributed by atoms with Gasteiger partial charge in [0.25, 0.3) is 0 Å². The number of halogens is 1. The SMILES string of the molecule is CC(CNc1nc(NCC2(F)CCC2)c2cnn(C)c2n1)c1ccccc1. The summed E-state index contributed by atoms with van der Waals surface area (Å²) in [5.74, 6) is 1.47. The van der Waals surface area contributed by atoms with Crippen LogP contribution in [0.5, 0.6) is 0 Å². The Morgan fingerprint density at radius 2 is 1.96 bits per heavy atom. The molecule has 7 heteroatoms. The van der Waals surface area contributed by atoms with Crippen molar-refractivity contribution in [2.45, 2.75) is 37.8 Å². The lowest BCUT2D eigenvalue weighted by Crippen LogP contribution is -2.39. The number of nitrogens with zero attached hydrogens (tertiary/aromatic N) is 4. The fourth-order valence-electron chi connectivity index (χ4n) is 3.36. The van der Waals surface area contributed by atoms with E-state index in [1.54, 1.807) is 10.9 Å². The van der Waals surface area contributed by atoms with Crippen molar-refractivity contribution in [3.8, 4) is 0 Å². The van der Waals surface area contributed by atoms with Gasteiger partial charge in [-0.2, -0.15) is 15.1 Å². The Hall–Kier alpha value is -2.70. The predicted molar refractivity (Wildman–Crippen MR) is 106 cm³/mol. The summed E-state index contributed by atoms with van der Waals surface area (Å²) in [5.41, 5.74) is 0.868. The zero-order valence-electron chi connectivity index (χ0n) is 15.7. The third-order valence-corrected chi connectivity index (χ3v) is 5.35. The molecule has 0 bridgehead atoms. The second-order valence-electron chi connectivity index (χ2n) is 7.45. The van der Waals surface area contributed by atoms with Crippen LogP contribution in [0.15, 0.2) is 36.5 Å². The van der Waals surface area contributed by atoms with E-state index in [2.05, 4.69) is 44.8 Å². The maximum atomic E-state index is 14.4. The van der Waals surface area contributed by atoms with Gasteiger partial charge in [0, 0.05) is 13.6 Å². The van der Waals surface area contributed by atoms with E-state index in [9.17, 15) is 4.39 Å². The molecule has 0 spiro atoms. The molecule has 2 N–H and O–H groups in total. The second kappa shape index (κ2) is 7.13. The Bertz CT molecular complexity index is 919. The van der Waals surface area contributed by atoms with Gasteiger partial charge in [-0.25, -0.2) is 4.39 Å². The minimum Gasteiger partial charge on any atom is -0.366 e. The molecule has 142 valence electrons. The summed E-state index contributed by atoms with van der Waals surface area (Å²) >= 11 is 0. The first kappa shape index (κ1) is 17.7. The smallest absolute Gasteiger partial charge is 0.226 e. The molecule has 1 aliphatic carbocycles. The van der Waals surface area contributed by atoms with Gasteiger partial charge in [-0.15, -0.1) is 0 Å². The van der Waals surface area contributed by atoms with Crippen molar-refractivity contribution in [3.63, 3.8) is 0 Å². The first-order valence-corrected chi connectivity index (χ1v) is 9.45. The van der Waals surface area contributed by atoms with E-state index in [4.69, 9.17) is 0 Å². The van der Waals surface area contributed by atoms with Crippen LogP contribution in [0.1, 0.15) is 37.7 Å². The van der Waals surface area contributed by atoms with E-state index in [1.807, 2.05) is 25.2 Å². The van der Waals surface area contributed by atoms with E-state index in [0.29, 0.717) is 37.1 Å². The van der Waals surface area contributed by atoms with E-state index >= 15 is 0 Å². The number of rotatable bonds is 7. The van der Waals surface area contributed by atoms with Gasteiger partial charge in [-0.3, -0.25) is 4.68 Å².